The minimum Gasteiger partial charge on any atom is -0.462 e. The van der Waals surface area contributed by atoms with Crippen LogP contribution >= 0.6 is 0 Å². The molecule has 0 fully saturated rings. The average molecular weight is 924 g/mol. The minimum absolute atomic E-state index is 0.0744. The second kappa shape index (κ2) is 54.7. The van der Waals surface area contributed by atoms with Crippen LogP contribution in [-0.2, 0) is 28.6 Å². The third-order valence-corrected chi connectivity index (χ3v) is 12.3. The number of allylic oxidation sites excluding steroid dienone is 10. The van der Waals surface area contributed by atoms with E-state index in [0.717, 1.165) is 96.3 Å². The molecule has 0 amide bonds. The van der Waals surface area contributed by atoms with Crippen LogP contribution < -0.4 is 0 Å². The van der Waals surface area contributed by atoms with Gasteiger partial charge in [-0.05, 0) is 83.5 Å². The van der Waals surface area contributed by atoms with Crippen molar-refractivity contribution in [1.29, 1.82) is 0 Å². The Kier molecular flexibility index (Phi) is 52.3. The fourth-order valence-electron chi connectivity index (χ4n) is 8.02. The van der Waals surface area contributed by atoms with E-state index < -0.39 is 6.10 Å². The molecule has 382 valence electrons. The first-order valence-electron chi connectivity index (χ1n) is 28.3. The molecule has 0 aromatic heterocycles. The lowest BCUT2D eigenvalue weighted by Gasteiger charge is -2.18. The largest absolute Gasteiger partial charge is 0.462 e. The number of rotatable bonds is 51. The van der Waals surface area contributed by atoms with Crippen molar-refractivity contribution >= 4 is 17.9 Å². The molecule has 0 spiro atoms. The molecule has 1 atom stereocenters. The van der Waals surface area contributed by atoms with Gasteiger partial charge in [-0.15, -0.1) is 0 Å². The smallest absolute Gasteiger partial charge is 0.306 e. The monoisotopic (exact) mass is 923 g/mol. The second-order valence-corrected chi connectivity index (χ2v) is 18.8. The van der Waals surface area contributed by atoms with E-state index in [1.54, 1.807) is 0 Å². The van der Waals surface area contributed by atoms with Gasteiger partial charge >= 0.3 is 17.9 Å². The number of unbranched alkanes of at least 4 members (excludes halogenated alkanes) is 30. The molecule has 66 heavy (non-hydrogen) atoms. The zero-order chi connectivity index (χ0) is 47.9. The molecule has 0 aliphatic carbocycles. The van der Waals surface area contributed by atoms with E-state index in [2.05, 4.69) is 81.5 Å². The quantitative estimate of drug-likeness (QED) is 0.0262. The standard InChI is InChI=1S/C60H106O6/c1-4-7-10-13-16-18-20-22-23-24-25-26-27-28-29-30-31-32-33-34-35-36-37-38-40-41-44-47-50-53-59(62)65-56-57(55-64-58(61)52-49-46-43-15-12-9-6-3)66-60(63)54-51-48-45-42-39-21-19-17-14-11-8-5-2/h7,10,16-19,22-23,25-26,57H,4-6,8-9,11-15,20-21,24,27-56H2,1-3H3/b10-7-,18-16-,19-17-,23-22-,26-25-. The number of carbonyl (C=O) groups is 3. The number of ether oxygens (including phenoxy) is 3. The van der Waals surface area contributed by atoms with Gasteiger partial charge in [0.15, 0.2) is 6.10 Å². The molecule has 0 aromatic rings. The molecular weight excluding hydrogens is 817 g/mol. The maximum absolute atomic E-state index is 12.7. The van der Waals surface area contributed by atoms with E-state index in [9.17, 15) is 14.4 Å². The summed E-state index contributed by atoms with van der Waals surface area (Å²) < 4.78 is 16.7. The summed E-state index contributed by atoms with van der Waals surface area (Å²) >= 11 is 0. The van der Waals surface area contributed by atoms with Crippen LogP contribution in [0, 0.1) is 0 Å². The van der Waals surface area contributed by atoms with Crippen LogP contribution in [0.15, 0.2) is 60.8 Å². The van der Waals surface area contributed by atoms with E-state index in [-0.39, 0.29) is 31.1 Å². The molecule has 0 saturated carbocycles. The summed E-state index contributed by atoms with van der Waals surface area (Å²) in [6.07, 6.45) is 68.2. The van der Waals surface area contributed by atoms with Gasteiger partial charge in [-0.2, -0.15) is 0 Å². The average Bonchev–Trinajstić information content (AvgIpc) is 3.31. The molecule has 0 saturated heterocycles. The maximum atomic E-state index is 12.7. The fourth-order valence-corrected chi connectivity index (χ4v) is 8.02. The summed E-state index contributed by atoms with van der Waals surface area (Å²) in [4.78, 5) is 37.8. The first-order valence-corrected chi connectivity index (χ1v) is 28.3. The van der Waals surface area contributed by atoms with Crippen molar-refractivity contribution in [2.75, 3.05) is 13.2 Å². The van der Waals surface area contributed by atoms with Crippen molar-refractivity contribution in [3.8, 4) is 0 Å². The highest BCUT2D eigenvalue weighted by atomic mass is 16.6. The molecule has 0 bridgehead atoms. The van der Waals surface area contributed by atoms with E-state index >= 15 is 0 Å². The number of hydrogen-bond acceptors (Lipinski definition) is 6. The van der Waals surface area contributed by atoms with Gasteiger partial charge < -0.3 is 14.2 Å². The molecule has 0 aliphatic rings. The summed E-state index contributed by atoms with van der Waals surface area (Å²) in [5.41, 5.74) is 0. The van der Waals surface area contributed by atoms with Gasteiger partial charge in [0.2, 0.25) is 0 Å². The van der Waals surface area contributed by atoms with Crippen molar-refractivity contribution in [3.63, 3.8) is 0 Å². The van der Waals surface area contributed by atoms with Crippen LogP contribution in [0.5, 0.6) is 0 Å². The van der Waals surface area contributed by atoms with Crippen molar-refractivity contribution in [3.05, 3.63) is 60.8 Å². The predicted molar refractivity (Wildman–Crippen MR) is 284 cm³/mol. The Labute approximate surface area is 409 Å². The lowest BCUT2D eigenvalue weighted by atomic mass is 10.0. The third-order valence-electron chi connectivity index (χ3n) is 12.3. The lowest BCUT2D eigenvalue weighted by molar-refractivity contribution is -0.167. The van der Waals surface area contributed by atoms with Crippen LogP contribution in [0.25, 0.3) is 0 Å². The summed E-state index contributed by atoms with van der Waals surface area (Å²) in [5, 5.41) is 0. The first kappa shape index (κ1) is 63.1. The van der Waals surface area contributed by atoms with Crippen LogP contribution in [0.4, 0.5) is 0 Å². The Bertz CT molecular complexity index is 1200. The fraction of sp³-hybridized carbons (Fsp3) is 0.783. The van der Waals surface area contributed by atoms with E-state index in [1.165, 1.54) is 148 Å². The van der Waals surface area contributed by atoms with Crippen LogP contribution in [0.1, 0.15) is 284 Å². The summed E-state index contributed by atoms with van der Waals surface area (Å²) in [6, 6.07) is 0. The topological polar surface area (TPSA) is 78.9 Å². The molecule has 6 nitrogen and oxygen atoms in total. The molecule has 0 aromatic carbocycles. The first-order chi connectivity index (χ1) is 32.5. The number of hydrogen-bond donors (Lipinski definition) is 0. The summed E-state index contributed by atoms with van der Waals surface area (Å²) in [5.74, 6) is -0.882. The Morgan fingerprint density at radius 2 is 0.591 bits per heavy atom. The molecule has 0 rings (SSSR count). The zero-order valence-corrected chi connectivity index (χ0v) is 43.7. The van der Waals surface area contributed by atoms with E-state index in [0.29, 0.717) is 19.3 Å². The number of carbonyl (C=O) groups excluding carboxylic acids is 3. The van der Waals surface area contributed by atoms with Gasteiger partial charge in [-0.1, -0.05) is 242 Å². The lowest BCUT2D eigenvalue weighted by Crippen LogP contribution is -2.30. The second-order valence-electron chi connectivity index (χ2n) is 18.8. The highest BCUT2D eigenvalue weighted by Gasteiger charge is 2.19. The van der Waals surface area contributed by atoms with Crippen molar-refractivity contribution < 1.29 is 28.6 Å². The highest BCUT2D eigenvalue weighted by molar-refractivity contribution is 5.71. The molecule has 6 heteroatoms. The zero-order valence-electron chi connectivity index (χ0n) is 43.7. The van der Waals surface area contributed by atoms with Crippen molar-refractivity contribution in [1.82, 2.24) is 0 Å². The molecule has 0 aliphatic heterocycles. The van der Waals surface area contributed by atoms with Crippen LogP contribution in [0.3, 0.4) is 0 Å². The van der Waals surface area contributed by atoms with E-state index in [4.69, 9.17) is 14.2 Å². The molecule has 0 heterocycles. The minimum atomic E-state index is -0.772. The molecule has 0 N–H and O–H groups in total. The summed E-state index contributed by atoms with van der Waals surface area (Å²) in [6.45, 7) is 6.47. The van der Waals surface area contributed by atoms with Gasteiger partial charge in [0.05, 0.1) is 0 Å². The van der Waals surface area contributed by atoms with Gasteiger partial charge in [0, 0.05) is 19.3 Å². The molecular formula is C60H106O6. The van der Waals surface area contributed by atoms with Gasteiger partial charge in [-0.25, -0.2) is 0 Å². The Morgan fingerprint density at radius 3 is 0.970 bits per heavy atom. The summed E-state index contributed by atoms with van der Waals surface area (Å²) in [7, 11) is 0. The number of esters is 3. The van der Waals surface area contributed by atoms with Crippen LogP contribution in [0.2, 0.25) is 0 Å². The Morgan fingerprint density at radius 1 is 0.318 bits per heavy atom. The predicted octanol–water partition coefficient (Wildman–Crippen LogP) is 18.8. The van der Waals surface area contributed by atoms with Crippen LogP contribution in [-0.4, -0.2) is 37.2 Å². The SMILES string of the molecule is CC/C=C\C/C=C\C/C=C\C/C=C\CCCCCCCCCCCCCCCCCCC(=O)OCC(COC(=O)CCCCCCCCC)OC(=O)CCCCCCC/C=C\CCCCC. The van der Waals surface area contributed by atoms with Gasteiger partial charge in [0.25, 0.3) is 0 Å². The van der Waals surface area contributed by atoms with Crippen molar-refractivity contribution in [2.24, 2.45) is 0 Å². The third kappa shape index (κ3) is 52.1. The normalized spacial score (nSPS) is 12.5. The molecule has 1 unspecified atom stereocenters. The molecule has 0 radical (unpaired) electrons. The Hall–Kier alpha value is -2.89. The van der Waals surface area contributed by atoms with E-state index in [1.807, 2.05) is 0 Å². The Balaban J connectivity index is 4.03. The highest BCUT2D eigenvalue weighted by Crippen LogP contribution is 2.16. The van der Waals surface area contributed by atoms with Crippen molar-refractivity contribution in [2.45, 2.75) is 290 Å². The van der Waals surface area contributed by atoms with Gasteiger partial charge in [-0.3, -0.25) is 14.4 Å². The maximum Gasteiger partial charge on any atom is 0.306 e. The van der Waals surface area contributed by atoms with Gasteiger partial charge in [0.1, 0.15) is 13.2 Å².